The van der Waals surface area contributed by atoms with Crippen LogP contribution in [0.4, 0.5) is 5.69 Å². The molecule has 0 bridgehead atoms. The molecule has 5 rings (SSSR count). The molecule has 2 unspecified atom stereocenters. The second-order valence-corrected chi connectivity index (χ2v) is 8.96. The van der Waals surface area contributed by atoms with Crippen LogP contribution in [0.25, 0.3) is 6.08 Å². The second kappa shape index (κ2) is 9.16. The maximum Gasteiger partial charge on any atom is 0.255 e. The van der Waals surface area contributed by atoms with Gasteiger partial charge in [-0.25, -0.2) is 0 Å². The van der Waals surface area contributed by atoms with Crippen molar-refractivity contribution in [3.63, 3.8) is 0 Å². The molecule has 1 spiro atoms. The predicted octanol–water partition coefficient (Wildman–Crippen LogP) is 5.89. The number of allylic oxidation sites excluding steroid dienone is 1. The number of amides is 1. The van der Waals surface area contributed by atoms with E-state index in [9.17, 15) is 4.79 Å². The number of carbonyl (C=O) groups excluding carboxylic acids is 1. The maximum atomic E-state index is 12.9. The summed E-state index contributed by atoms with van der Waals surface area (Å²) in [4.78, 5) is 17.1. The van der Waals surface area contributed by atoms with Crippen molar-refractivity contribution in [2.45, 2.75) is 64.6 Å². The maximum absolute atomic E-state index is 12.9. The Labute approximate surface area is 191 Å². The standard InChI is InChI=1S/C25H28N2O3.C2H6/c1-17-22(7-4-12-26-17)27-23(28)19-8-9-21-18(15-19)5-3-6-20-16-25(29-13-14-30-25)11-10-24(20,21)2;1-2/h3-5,7-9,12,15,20H,6,10-11,13-14,16H2,1-2H3,(H,27,28);1-2H3. The minimum atomic E-state index is -0.385. The molecule has 5 heteroatoms. The molecule has 170 valence electrons. The monoisotopic (exact) mass is 434 g/mol. The molecule has 0 radical (unpaired) electrons. The first-order valence-corrected chi connectivity index (χ1v) is 11.8. The van der Waals surface area contributed by atoms with Crippen LogP contribution in [0.5, 0.6) is 0 Å². The van der Waals surface area contributed by atoms with Crippen LogP contribution in [0.2, 0.25) is 0 Å². The van der Waals surface area contributed by atoms with Gasteiger partial charge in [0, 0.05) is 24.6 Å². The van der Waals surface area contributed by atoms with E-state index in [1.54, 1.807) is 6.20 Å². The number of nitrogens with one attached hydrogen (secondary N) is 1. The number of anilines is 1. The van der Waals surface area contributed by atoms with Gasteiger partial charge in [0.2, 0.25) is 0 Å². The Morgan fingerprint density at radius 2 is 1.94 bits per heavy atom. The molecule has 1 aliphatic heterocycles. The van der Waals surface area contributed by atoms with E-state index in [2.05, 4.69) is 35.4 Å². The quantitative estimate of drug-likeness (QED) is 0.641. The fourth-order valence-corrected chi connectivity index (χ4v) is 5.35. The number of aryl methyl sites for hydroxylation is 1. The minimum Gasteiger partial charge on any atom is -0.348 e. The summed E-state index contributed by atoms with van der Waals surface area (Å²) in [5.41, 5.74) is 4.73. The van der Waals surface area contributed by atoms with Crippen LogP contribution in [0.3, 0.4) is 0 Å². The number of benzene rings is 1. The van der Waals surface area contributed by atoms with Gasteiger partial charge in [-0.3, -0.25) is 9.78 Å². The van der Waals surface area contributed by atoms with Crippen LogP contribution >= 0.6 is 0 Å². The summed E-state index contributed by atoms with van der Waals surface area (Å²) in [7, 11) is 0. The summed E-state index contributed by atoms with van der Waals surface area (Å²) in [6, 6.07) is 9.83. The van der Waals surface area contributed by atoms with E-state index < -0.39 is 0 Å². The zero-order chi connectivity index (χ0) is 22.8. The number of fused-ring (bicyclic) bond motifs is 3. The van der Waals surface area contributed by atoms with Gasteiger partial charge in [0.05, 0.1) is 24.6 Å². The summed E-state index contributed by atoms with van der Waals surface area (Å²) < 4.78 is 12.0. The zero-order valence-corrected chi connectivity index (χ0v) is 19.6. The molecule has 1 aromatic heterocycles. The molecule has 2 aliphatic carbocycles. The van der Waals surface area contributed by atoms with E-state index in [4.69, 9.17) is 9.47 Å². The summed E-state index contributed by atoms with van der Waals surface area (Å²) in [6.45, 7) is 9.66. The molecule has 1 aromatic carbocycles. The first-order valence-electron chi connectivity index (χ1n) is 11.8. The van der Waals surface area contributed by atoms with Crippen molar-refractivity contribution in [2.24, 2.45) is 5.92 Å². The summed E-state index contributed by atoms with van der Waals surface area (Å²) in [6.07, 6.45) is 10.0. The molecule has 2 atom stereocenters. The van der Waals surface area contributed by atoms with Gasteiger partial charge >= 0.3 is 0 Å². The molecule has 2 heterocycles. The van der Waals surface area contributed by atoms with Crippen LogP contribution in [-0.2, 0) is 14.9 Å². The lowest BCUT2D eigenvalue weighted by Crippen LogP contribution is -2.47. The average molecular weight is 435 g/mol. The summed E-state index contributed by atoms with van der Waals surface area (Å²) >= 11 is 0. The van der Waals surface area contributed by atoms with E-state index in [1.807, 2.05) is 45.0 Å². The number of hydrogen-bond donors (Lipinski definition) is 1. The highest BCUT2D eigenvalue weighted by Gasteiger charge is 2.51. The number of nitrogens with zero attached hydrogens (tertiary/aromatic N) is 1. The molecule has 1 saturated carbocycles. The SMILES string of the molecule is CC.Cc1ncccc1NC(=O)c1ccc2c(c1)C=CCC1CC3(CCC21C)OCCO3. The van der Waals surface area contributed by atoms with Crippen LogP contribution < -0.4 is 5.32 Å². The molecule has 1 N–H and O–H groups in total. The van der Waals surface area contributed by atoms with Crippen molar-refractivity contribution in [2.75, 3.05) is 18.5 Å². The van der Waals surface area contributed by atoms with E-state index in [0.717, 1.165) is 42.6 Å². The highest BCUT2D eigenvalue weighted by atomic mass is 16.7. The normalized spacial score (nSPS) is 25.2. The number of aromatic nitrogens is 1. The Morgan fingerprint density at radius 3 is 2.69 bits per heavy atom. The van der Waals surface area contributed by atoms with Crippen LogP contribution in [0, 0.1) is 12.8 Å². The predicted molar refractivity (Wildman–Crippen MR) is 128 cm³/mol. The smallest absolute Gasteiger partial charge is 0.255 e. The fraction of sp³-hybridized carbons (Fsp3) is 0.481. The number of pyridine rings is 1. The second-order valence-electron chi connectivity index (χ2n) is 8.96. The number of ether oxygens (including phenoxy) is 2. The van der Waals surface area contributed by atoms with Gasteiger partial charge in [-0.15, -0.1) is 0 Å². The van der Waals surface area contributed by atoms with E-state index in [-0.39, 0.29) is 17.1 Å². The largest absolute Gasteiger partial charge is 0.348 e. The molecule has 1 saturated heterocycles. The number of rotatable bonds is 2. The highest BCUT2D eigenvalue weighted by Crippen LogP contribution is 2.53. The average Bonchev–Trinajstić information content (AvgIpc) is 3.21. The van der Waals surface area contributed by atoms with Crippen molar-refractivity contribution in [3.8, 4) is 0 Å². The van der Waals surface area contributed by atoms with E-state index in [1.165, 1.54) is 5.56 Å². The van der Waals surface area contributed by atoms with Gasteiger partial charge in [0.1, 0.15) is 0 Å². The molecule has 1 amide bonds. The van der Waals surface area contributed by atoms with Crippen LogP contribution in [-0.4, -0.2) is 29.9 Å². The third-order valence-electron chi connectivity index (χ3n) is 7.20. The lowest BCUT2D eigenvalue weighted by Gasteiger charge is -2.48. The molecule has 32 heavy (non-hydrogen) atoms. The third kappa shape index (κ3) is 4.12. The lowest BCUT2D eigenvalue weighted by molar-refractivity contribution is -0.197. The lowest BCUT2D eigenvalue weighted by atomic mass is 9.61. The van der Waals surface area contributed by atoms with Crippen molar-refractivity contribution in [1.29, 1.82) is 0 Å². The summed E-state index contributed by atoms with van der Waals surface area (Å²) in [5, 5.41) is 2.99. The Hall–Kier alpha value is -2.50. The summed E-state index contributed by atoms with van der Waals surface area (Å²) in [5.74, 6) is -0.0348. The minimum absolute atomic E-state index is 0.0499. The molecule has 5 nitrogen and oxygen atoms in total. The Balaban J connectivity index is 0.00000119. The Kier molecular flexibility index (Phi) is 6.50. The fourth-order valence-electron chi connectivity index (χ4n) is 5.35. The van der Waals surface area contributed by atoms with E-state index in [0.29, 0.717) is 24.7 Å². The van der Waals surface area contributed by atoms with Crippen molar-refractivity contribution in [1.82, 2.24) is 4.98 Å². The highest BCUT2D eigenvalue weighted by molar-refractivity contribution is 6.05. The molecular weight excluding hydrogens is 400 g/mol. The van der Waals surface area contributed by atoms with Crippen molar-refractivity contribution < 1.29 is 14.3 Å². The van der Waals surface area contributed by atoms with Gasteiger partial charge in [-0.2, -0.15) is 0 Å². The first-order chi connectivity index (χ1) is 15.5. The number of hydrogen-bond acceptors (Lipinski definition) is 4. The first kappa shape index (κ1) is 22.7. The van der Waals surface area contributed by atoms with Gasteiger partial charge in [0.25, 0.3) is 5.91 Å². The zero-order valence-electron chi connectivity index (χ0n) is 19.6. The van der Waals surface area contributed by atoms with Crippen molar-refractivity contribution in [3.05, 3.63) is 65.0 Å². The third-order valence-corrected chi connectivity index (χ3v) is 7.20. The van der Waals surface area contributed by atoms with Crippen LogP contribution in [0.15, 0.2) is 42.6 Å². The van der Waals surface area contributed by atoms with Crippen molar-refractivity contribution >= 4 is 17.7 Å². The van der Waals surface area contributed by atoms with E-state index >= 15 is 0 Å². The Bertz CT molecular complexity index is 1010. The molecular formula is C27H34N2O3. The van der Waals surface area contributed by atoms with Crippen LogP contribution in [0.1, 0.15) is 73.6 Å². The number of carbonyl (C=O) groups is 1. The van der Waals surface area contributed by atoms with Gasteiger partial charge in [-0.1, -0.05) is 39.0 Å². The molecule has 2 fully saturated rings. The van der Waals surface area contributed by atoms with Gasteiger partial charge < -0.3 is 14.8 Å². The van der Waals surface area contributed by atoms with Gasteiger partial charge in [-0.05, 0) is 66.5 Å². The molecule has 2 aromatic rings. The Morgan fingerprint density at radius 1 is 1.16 bits per heavy atom. The van der Waals surface area contributed by atoms with Gasteiger partial charge in [0.15, 0.2) is 5.79 Å². The molecule has 3 aliphatic rings. The topological polar surface area (TPSA) is 60.5 Å².